The first kappa shape index (κ1) is 11.5. The minimum absolute atomic E-state index is 0.105. The summed E-state index contributed by atoms with van der Waals surface area (Å²) >= 11 is 3.26. The Hall–Kier alpha value is -1.61. The van der Waals surface area contributed by atoms with E-state index in [1.54, 1.807) is 6.07 Å². The van der Waals surface area contributed by atoms with Gasteiger partial charge in [-0.15, -0.1) is 4.91 Å². The molecule has 5 nitrogen and oxygen atoms in total. The maximum absolute atomic E-state index is 10.6. The number of anilines is 1. The van der Waals surface area contributed by atoms with Crippen LogP contribution in [0.4, 0.5) is 11.4 Å². The van der Waals surface area contributed by atoms with Gasteiger partial charge in [-0.2, -0.15) is 5.26 Å². The standard InChI is InChI=1S/C9H8BrN3O2/c1-15-6-4-7(10)9(12-3-2-11)8(5-6)13-14/h4-5,12H,3H2,1H3. The largest absolute Gasteiger partial charge is 0.497 e. The van der Waals surface area contributed by atoms with Crippen LogP contribution in [-0.2, 0) is 0 Å². The zero-order valence-corrected chi connectivity index (χ0v) is 9.54. The molecule has 1 aromatic carbocycles. The fraction of sp³-hybridized carbons (Fsp3) is 0.222. The lowest BCUT2D eigenvalue weighted by molar-refractivity contribution is 0.415. The van der Waals surface area contributed by atoms with Crippen LogP contribution >= 0.6 is 15.9 Å². The molecule has 1 aromatic rings. The number of nitroso groups, excluding NO2 is 1. The van der Waals surface area contributed by atoms with Crippen molar-refractivity contribution in [1.82, 2.24) is 0 Å². The summed E-state index contributed by atoms with van der Waals surface area (Å²) in [5.74, 6) is 0.527. The second-order valence-corrected chi connectivity index (χ2v) is 3.46. The number of nitrogens with zero attached hydrogens (tertiary/aromatic N) is 2. The Morgan fingerprint density at radius 2 is 2.40 bits per heavy atom. The van der Waals surface area contributed by atoms with Crippen molar-refractivity contribution in [3.05, 3.63) is 21.5 Å². The van der Waals surface area contributed by atoms with Gasteiger partial charge in [-0.05, 0) is 27.2 Å². The van der Waals surface area contributed by atoms with Crippen LogP contribution in [0.25, 0.3) is 0 Å². The molecule has 0 atom stereocenters. The number of nitriles is 1. The highest BCUT2D eigenvalue weighted by atomic mass is 79.9. The summed E-state index contributed by atoms with van der Waals surface area (Å²) in [5.41, 5.74) is 0.698. The van der Waals surface area contributed by atoms with Crippen molar-refractivity contribution in [2.45, 2.75) is 0 Å². The van der Waals surface area contributed by atoms with E-state index in [4.69, 9.17) is 10.00 Å². The number of ether oxygens (including phenoxy) is 1. The summed E-state index contributed by atoms with van der Waals surface area (Å²) in [7, 11) is 1.50. The average Bonchev–Trinajstić information content (AvgIpc) is 2.26. The van der Waals surface area contributed by atoms with Gasteiger partial charge in [0.1, 0.15) is 18.0 Å². The molecule has 0 unspecified atom stereocenters. The summed E-state index contributed by atoms with van der Waals surface area (Å²) in [6.45, 7) is 0.105. The van der Waals surface area contributed by atoms with Gasteiger partial charge in [0, 0.05) is 10.5 Å². The van der Waals surface area contributed by atoms with Crippen LogP contribution in [0, 0.1) is 16.2 Å². The van der Waals surface area contributed by atoms with E-state index >= 15 is 0 Å². The molecule has 1 rings (SSSR count). The number of methoxy groups -OCH3 is 1. The van der Waals surface area contributed by atoms with Crippen LogP contribution in [-0.4, -0.2) is 13.7 Å². The van der Waals surface area contributed by atoms with Crippen molar-refractivity contribution in [3.63, 3.8) is 0 Å². The highest BCUT2D eigenvalue weighted by molar-refractivity contribution is 9.10. The molecule has 0 saturated heterocycles. The predicted octanol–water partition coefficient (Wildman–Crippen LogP) is 2.79. The zero-order chi connectivity index (χ0) is 11.3. The molecule has 0 heterocycles. The molecule has 0 aliphatic carbocycles. The van der Waals surface area contributed by atoms with Crippen LogP contribution < -0.4 is 10.1 Å². The van der Waals surface area contributed by atoms with Crippen LogP contribution in [0.3, 0.4) is 0 Å². The number of halogens is 1. The minimum Gasteiger partial charge on any atom is -0.497 e. The van der Waals surface area contributed by atoms with Crippen molar-refractivity contribution in [2.75, 3.05) is 19.0 Å². The molecule has 0 radical (unpaired) electrons. The lowest BCUT2D eigenvalue weighted by atomic mass is 10.2. The number of hydrogen-bond acceptors (Lipinski definition) is 5. The third-order valence-electron chi connectivity index (χ3n) is 1.72. The van der Waals surface area contributed by atoms with Crippen LogP contribution in [0.1, 0.15) is 0 Å². The topological polar surface area (TPSA) is 74.5 Å². The highest BCUT2D eigenvalue weighted by Crippen LogP contribution is 2.36. The maximum atomic E-state index is 10.6. The van der Waals surface area contributed by atoms with E-state index in [-0.39, 0.29) is 12.2 Å². The van der Waals surface area contributed by atoms with Crippen molar-refractivity contribution in [1.29, 1.82) is 5.26 Å². The smallest absolute Gasteiger partial charge is 0.135 e. The van der Waals surface area contributed by atoms with E-state index < -0.39 is 0 Å². The van der Waals surface area contributed by atoms with E-state index in [0.29, 0.717) is 15.9 Å². The monoisotopic (exact) mass is 269 g/mol. The second-order valence-electron chi connectivity index (χ2n) is 2.61. The van der Waals surface area contributed by atoms with Gasteiger partial charge in [0.15, 0.2) is 0 Å². The lowest BCUT2D eigenvalue weighted by Gasteiger charge is -2.09. The van der Waals surface area contributed by atoms with Gasteiger partial charge in [-0.1, -0.05) is 0 Å². The maximum Gasteiger partial charge on any atom is 0.135 e. The molecule has 0 aliphatic heterocycles. The summed E-state index contributed by atoms with van der Waals surface area (Å²) in [6.07, 6.45) is 0. The normalized spacial score (nSPS) is 9.13. The predicted molar refractivity (Wildman–Crippen MR) is 60.3 cm³/mol. The van der Waals surface area contributed by atoms with Gasteiger partial charge in [0.2, 0.25) is 0 Å². The average molecular weight is 270 g/mol. The Morgan fingerprint density at radius 3 is 2.93 bits per heavy atom. The lowest BCUT2D eigenvalue weighted by Crippen LogP contribution is -1.99. The molecular weight excluding hydrogens is 262 g/mol. The quantitative estimate of drug-likeness (QED) is 0.674. The molecule has 0 aliphatic rings. The third-order valence-corrected chi connectivity index (χ3v) is 2.35. The first-order valence-corrected chi connectivity index (χ1v) is 4.84. The first-order valence-electron chi connectivity index (χ1n) is 4.04. The summed E-state index contributed by atoms with van der Waals surface area (Å²) in [6, 6.07) is 5.10. The Labute approximate surface area is 95.1 Å². The minimum atomic E-state index is 0.105. The van der Waals surface area contributed by atoms with Gasteiger partial charge in [-0.25, -0.2) is 0 Å². The molecule has 0 fully saturated rings. The Bertz CT molecular complexity index is 415. The Balaban J connectivity index is 3.13. The van der Waals surface area contributed by atoms with E-state index in [9.17, 15) is 4.91 Å². The molecular formula is C9H8BrN3O2. The van der Waals surface area contributed by atoms with Crippen molar-refractivity contribution < 1.29 is 4.74 Å². The number of benzene rings is 1. The van der Waals surface area contributed by atoms with Gasteiger partial charge in [0.25, 0.3) is 0 Å². The molecule has 15 heavy (non-hydrogen) atoms. The molecule has 0 bridgehead atoms. The van der Waals surface area contributed by atoms with Crippen LogP contribution in [0.2, 0.25) is 0 Å². The molecule has 78 valence electrons. The van der Waals surface area contributed by atoms with Crippen molar-refractivity contribution >= 4 is 27.3 Å². The van der Waals surface area contributed by atoms with Gasteiger partial charge < -0.3 is 10.1 Å². The van der Waals surface area contributed by atoms with E-state index in [2.05, 4.69) is 26.4 Å². The molecule has 0 saturated carbocycles. The number of hydrogen-bond donors (Lipinski definition) is 1. The molecule has 1 N–H and O–H groups in total. The third kappa shape index (κ3) is 2.67. The number of rotatable bonds is 4. The molecule has 0 aromatic heterocycles. The van der Waals surface area contributed by atoms with Gasteiger partial charge >= 0.3 is 0 Å². The van der Waals surface area contributed by atoms with Crippen molar-refractivity contribution in [3.8, 4) is 11.8 Å². The SMILES string of the molecule is COc1cc(Br)c(NCC#N)c(N=O)c1. The number of nitrogens with one attached hydrogen (secondary N) is 1. The first-order chi connectivity index (χ1) is 7.22. The van der Waals surface area contributed by atoms with E-state index in [0.717, 1.165) is 0 Å². The van der Waals surface area contributed by atoms with Gasteiger partial charge in [0.05, 0.1) is 18.9 Å². The molecule has 0 spiro atoms. The Kier molecular flexibility index (Phi) is 4.06. The Morgan fingerprint density at radius 1 is 1.67 bits per heavy atom. The molecule has 0 amide bonds. The fourth-order valence-corrected chi connectivity index (χ4v) is 1.63. The van der Waals surface area contributed by atoms with E-state index in [1.165, 1.54) is 13.2 Å². The van der Waals surface area contributed by atoms with Crippen LogP contribution in [0.15, 0.2) is 21.8 Å². The second kappa shape index (κ2) is 5.32. The van der Waals surface area contributed by atoms with Crippen molar-refractivity contribution in [2.24, 2.45) is 5.18 Å². The summed E-state index contributed by atoms with van der Waals surface area (Å²) < 4.78 is 5.61. The fourth-order valence-electron chi connectivity index (χ4n) is 1.06. The summed E-state index contributed by atoms with van der Waals surface area (Å²) in [4.78, 5) is 10.6. The molecule has 6 heteroatoms. The summed E-state index contributed by atoms with van der Waals surface area (Å²) in [5, 5.41) is 14.1. The van der Waals surface area contributed by atoms with Crippen LogP contribution in [0.5, 0.6) is 5.75 Å². The van der Waals surface area contributed by atoms with Gasteiger partial charge in [-0.3, -0.25) is 0 Å². The highest BCUT2D eigenvalue weighted by Gasteiger charge is 2.09. The zero-order valence-electron chi connectivity index (χ0n) is 7.95. The van der Waals surface area contributed by atoms with E-state index in [1.807, 2.05) is 6.07 Å².